The van der Waals surface area contributed by atoms with Crippen molar-refractivity contribution in [2.75, 3.05) is 0 Å². The van der Waals surface area contributed by atoms with E-state index in [1.54, 1.807) is 0 Å². The summed E-state index contributed by atoms with van der Waals surface area (Å²) in [7, 11) is -4.20. The molecule has 7 heteroatoms. The zero-order chi connectivity index (χ0) is 10.1. The van der Waals surface area contributed by atoms with E-state index < -0.39 is 16.0 Å². The Morgan fingerprint density at radius 1 is 1.21 bits per heavy atom. The average Bonchev–Trinajstić information content (AvgIpc) is 2.03. The van der Waals surface area contributed by atoms with Gasteiger partial charge in [-0.3, -0.25) is 9.35 Å². The van der Waals surface area contributed by atoms with E-state index >= 15 is 0 Å². The molecule has 0 bridgehead atoms. The molecule has 1 amide bonds. The van der Waals surface area contributed by atoms with Gasteiger partial charge in [-0.1, -0.05) is 0 Å². The largest absolute Gasteiger partial charge is 1.00 e. The van der Waals surface area contributed by atoms with Crippen LogP contribution in [0.25, 0.3) is 0 Å². The number of rotatable bonds is 2. The van der Waals surface area contributed by atoms with Gasteiger partial charge in [-0.05, 0) is 24.3 Å². The molecular weight excluding hydrogens is 217 g/mol. The number of hydrogen-bond acceptors (Lipinski definition) is 3. The topological polar surface area (TPSA) is 97.5 Å². The summed E-state index contributed by atoms with van der Waals surface area (Å²) in [5.74, 6) is -0.651. The molecule has 0 aliphatic heterocycles. The summed E-state index contributed by atoms with van der Waals surface area (Å²) in [6.45, 7) is 0. The van der Waals surface area contributed by atoms with Crippen LogP contribution >= 0.6 is 0 Å². The second-order valence-electron chi connectivity index (χ2n) is 2.36. The Labute approximate surface area is 103 Å². The van der Waals surface area contributed by atoms with Crippen LogP contribution in [0.5, 0.6) is 0 Å². The molecule has 0 fully saturated rings. The molecule has 0 spiro atoms. The molecule has 0 aliphatic carbocycles. The number of carbonyl (C=O) groups is 1. The summed E-state index contributed by atoms with van der Waals surface area (Å²) in [5.41, 5.74) is 5.11. The van der Waals surface area contributed by atoms with E-state index in [9.17, 15) is 13.2 Å². The molecule has 14 heavy (non-hydrogen) atoms. The molecule has 0 saturated carbocycles. The third kappa shape index (κ3) is 3.39. The molecule has 5 nitrogen and oxygen atoms in total. The van der Waals surface area contributed by atoms with Crippen molar-refractivity contribution < 1.29 is 47.3 Å². The van der Waals surface area contributed by atoms with Crippen molar-refractivity contribution in [2.24, 2.45) is 5.73 Å². The Bertz CT molecular complexity index is 426. The summed E-state index contributed by atoms with van der Waals surface area (Å²) in [4.78, 5) is 10.3. The molecule has 0 aromatic heterocycles. The fraction of sp³-hybridized carbons (Fsp3) is 0. The van der Waals surface area contributed by atoms with Crippen LogP contribution in [-0.2, 0) is 10.1 Å². The minimum atomic E-state index is -4.20. The van der Waals surface area contributed by atoms with Gasteiger partial charge in [0, 0.05) is 5.56 Å². The van der Waals surface area contributed by atoms with E-state index in [0.29, 0.717) is 0 Å². The molecule has 70 valence electrons. The van der Waals surface area contributed by atoms with Gasteiger partial charge in [-0.2, -0.15) is 8.42 Å². The quantitative estimate of drug-likeness (QED) is 0.414. The smallest absolute Gasteiger partial charge is 0.366 e. The molecule has 0 radical (unpaired) electrons. The van der Waals surface area contributed by atoms with Crippen LogP contribution in [0.2, 0.25) is 0 Å². The predicted molar refractivity (Wildman–Crippen MR) is 44.8 cm³/mol. The Morgan fingerprint density at radius 3 is 1.93 bits per heavy atom. The Hall–Kier alpha value is -0.400. The first-order valence-electron chi connectivity index (χ1n) is 3.28. The summed E-state index contributed by atoms with van der Waals surface area (Å²) >= 11 is 0. The van der Waals surface area contributed by atoms with Crippen molar-refractivity contribution in [3.8, 4) is 0 Å². The molecule has 0 unspecified atom stereocenters. The van der Waals surface area contributed by atoms with Crippen LogP contribution in [0.4, 0.5) is 0 Å². The normalized spacial score (nSPS) is 10.4. The molecular formula is C7H7NNaO4S+. The fourth-order valence-electron chi connectivity index (χ4n) is 0.791. The van der Waals surface area contributed by atoms with Crippen molar-refractivity contribution >= 4 is 16.0 Å². The Kier molecular flexibility index (Phi) is 4.76. The summed E-state index contributed by atoms with van der Waals surface area (Å²) < 4.78 is 29.7. The minimum absolute atomic E-state index is 0. The molecule has 0 saturated heterocycles. The molecule has 0 heterocycles. The van der Waals surface area contributed by atoms with Crippen LogP contribution in [0.1, 0.15) is 10.4 Å². The third-order valence-electron chi connectivity index (χ3n) is 1.44. The van der Waals surface area contributed by atoms with Crippen LogP contribution < -0.4 is 35.3 Å². The van der Waals surface area contributed by atoms with E-state index in [2.05, 4.69) is 0 Å². The van der Waals surface area contributed by atoms with Gasteiger partial charge < -0.3 is 5.73 Å². The number of primary amides is 1. The van der Waals surface area contributed by atoms with Gasteiger partial charge in [0.1, 0.15) is 0 Å². The Balaban J connectivity index is 0.00000169. The van der Waals surface area contributed by atoms with E-state index in [4.69, 9.17) is 10.3 Å². The third-order valence-corrected chi connectivity index (χ3v) is 2.30. The monoisotopic (exact) mass is 224 g/mol. The van der Waals surface area contributed by atoms with Gasteiger partial charge in [-0.15, -0.1) is 0 Å². The molecule has 0 atom stereocenters. The first-order chi connectivity index (χ1) is 5.91. The zero-order valence-corrected chi connectivity index (χ0v) is 10.3. The van der Waals surface area contributed by atoms with Gasteiger partial charge in [0.05, 0.1) is 4.90 Å². The number of benzene rings is 1. The first kappa shape index (κ1) is 13.6. The van der Waals surface area contributed by atoms with Gasteiger partial charge >= 0.3 is 29.6 Å². The number of nitrogens with two attached hydrogens (primary N) is 1. The fourth-order valence-corrected chi connectivity index (χ4v) is 1.27. The SMILES string of the molecule is NC(=O)c1ccc(S(=O)(=O)O)cc1.[Na+]. The number of hydrogen-bond donors (Lipinski definition) is 2. The molecule has 3 N–H and O–H groups in total. The summed E-state index contributed by atoms with van der Waals surface area (Å²) in [6.07, 6.45) is 0. The molecule has 1 rings (SSSR count). The molecule has 1 aromatic rings. The van der Waals surface area contributed by atoms with Crippen molar-refractivity contribution in [1.29, 1.82) is 0 Å². The predicted octanol–water partition coefficient (Wildman–Crippen LogP) is -2.96. The van der Waals surface area contributed by atoms with E-state index in [0.717, 1.165) is 12.1 Å². The van der Waals surface area contributed by atoms with Gasteiger partial charge in [0.25, 0.3) is 10.1 Å². The van der Waals surface area contributed by atoms with Crippen molar-refractivity contribution in [2.45, 2.75) is 4.90 Å². The summed E-state index contributed by atoms with van der Waals surface area (Å²) in [5, 5.41) is 0. The second-order valence-corrected chi connectivity index (χ2v) is 3.79. The van der Waals surface area contributed by atoms with E-state index in [1.807, 2.05) is 0 Å². The Morgan fingerprint density at radius 2 is 1.64 bits per heavy atom. The maximum absolute atomic E-state index is 10.6. The average molecular weight is 224 g/mol. The van der Waals surface area contributed by atoms with Gasteiger partial charge in [0.2, 0.25) is 5.91 Å². The summed E-state index contributed by atoms with van der Waals surface area (Å²) in [6, 6.07) is 4.67. The number of carbonyl (C=O) groups excluding carboxylic acids is 1. The van der Waals surface area contributed by atoms with Gasteiger partial charge in [-0.25, -0.2) is 0 Å². The maximum atomic E-state index is 10.6. The van der Waals surface area contributed by atoms with Crippen molar-refractivity contribution in [3.05, 3.63) is 29.8 Å². The standard InChI is InChI=1S/C7H7NO4S.Na/c8-7(9)5-1-3-6(4-2-5)13(10,11)12;/h1-4H,(H2,8,9)(H,10,11,12);/q;+1. The second kappa shape index (κ2) is 4.90. The zero-order valence-electron chi connectivity index (χ0n) is 7.47. The van der Waals surface area contributed by atoms with Crippen LogP contribution in [0, 0.1) is 0 Å². The van der Waals surface area contributed by atoms with Crippen LogP contribution in [-0.4, -0.2) is 18.9 Å². The molecule has 1 aromatic carbocycles. The maximum Gasteiger partial charge on any atom is 1.00 e. The van der Waals surface area contributed by atoms with Crippen molar-refractivity contribution in [3.63, 3.8) is 0 Å². The van der Waals surface area contributed by atoms with Gasteiger partial charge in [0.15, 0.2) is 0 Å². The molecule has 0 aliphatic rings. The van der Waals surface area contributed by atoms with E-state index in [-0.39, 0.29) is 40.0 Å². The van der Waals surface area contributed by atoms with Crippen LogP contribution in [0.3, 0.4) is 0 Å². The first-order valence-corrected chi connectivity index (χ1v) is 4.72. The van der Waals surface area contributed by atoms with E-state index in [1.165, 1.54) is 12.1 Å². The van der Waals surface area contributed by atoms with Crippen molar-refractivity contribution in [1.82, 2.24) is 0 Å². The minimum Gasteiger partial charge on any atom is -0.366 e. The number of amides is 1. The van der Waals surface area contributed by atoms with Crippen LogP contribution in [0.15, 0.2) is 29.2 Å².